The van der Waals surface area contributed by atoms with Gasteiger partial charge in [-0.3, -0.25) is 0 Å². The molecule has 0 aromatic heterocycles. The molecule has 11 atom stereocenters. The Kier molecular flexibility index (Phi) is 1.68. The van der Waals surface area contributed by atoms with Crippen LogP contribution in [0, 0.1) is 23.7 Å². The second-order valence-corrected chi connectivity index (χ2v) is 13.5. The minimum Gasteiger partial charge on any atom is -0.0769 e. The van der Waals surface area contributed by atoms with E-state index < -0.39 is 0 Å². The zero-order chi connectivity index (χ0) is 18.4. The van der Waals surface area contributed by atoms with E-state index in [2.05, 4.69) is 6.08 Å². The van der Waals surface area contributed by atoms with Crippen LogP contribution in [0.4, 0.5) is 0 Å². The summed E-state index contributed by atoms with van der Waals surface area (Å²) in [6, 6.07) is 0. The van der Waals surface area contributed by atoms with Crippen molar-refractivity contribution < 1.29 is 0 Å². The highest BCUT2D eigenvalue weighted by Crippen LogP contribution is 2.80. The van der Waals surface area contributed by atoms with Gasteiger partial charge in [-0.2, -0.15) is 0 Å². The van der Waals surface area contributed by atoms with Gasteiger partial charge in [0.1, 0.15) is 0 Å². The third-order valence-corrected chi connectivity index (χ3v) is 13.1. The van der Waals surface area contributed by atoms with Crippen molar-refractivity contribution in [1.82, 2.24) is 0 Å². The molecular weight excluding hydrogens is 360 g/mol. The van der Waals surface area contributed by atoms with Gasteiger partial charge in [0.15, 0.2) is 0 Å². The Labute approximate surface area is 177 Å². The lowest BCUT2D eigenvalue weighted by Gasteiger charge is -2.35. The summed E-state index contributed by atoms with van der Waals surface area (Å²) in [6.07, 6.45) is 13.6. The van der Waals surface area contributed by atoms with E-state index >= 15 is 0 Å². The number of rotatable bonds is 0. The molecule has 0 aliphatic heterocycles. The summed E-state index contributed by atoms with van der Waals surface area (Å²) in [5.41, 5.74) is 17.6. The summed E-state index contributed by atoms with van der Waals surface area (Å²) in [7, 11) is 0. The van der Waals surface area contributed by atoms with E-state index in [0.29, 0.717) is 0 Å². The van der Waals surface area contributed by atoms with E-state index in [9.17, 15) is 0 Å². The first kappa shape index (κ1) is 13.8. The molecule has 30 heavy (non-hydrogen) atoms. The maximum Gasteiger partial charge on any atom is -0.00144 e. The molecule has 2 aromatic carbocycles. The van der Waals surface area contributed by atoms with Gasteiger partial charge in [0.2, 0.25) is 0 Å². The molecule has 11 unspecified atom stereocenters. The quantitative estimate of drug-likeness (QED) is 0.451. The molecule has 0 radical (unpaired) electrons. The molecule has 0 bridgehead atoms. The van der Waals surface area contributed by atoms with Gasteiger partial charge in [0, 0.05) is 0 Å². The van der Waals surface area contributed by atoms with Crippen molar-refractivity contribution in [1.29, 1.82) is 0 Å². The molecule has 2 saturated carbocycles. The van der Waals surface area contributed by atoms with Crippen molar-refractivity contribution >= 4 is 16.3 Å². The second-order valence-electron chi connectivity index (χ2n) is 13.5. The third kappa shape index (κ3) is 1.01. The molecule has 0 heteroatoms. The molecule has 0 N–H and O–H groups in total. The Bertz CT molecular complexity index is 1400. The fourth-order valence-corrected chi connectivity index (χ4v) is 13.1. The van der Waals surface area contributed by atoms with E-state index in [4.69, 9.17) is 0 Å². The van der Waals surface area contributed by atoms with Crippen LogP contribution in [0.25, 0.3) is 16.3 Å². The van der Waals surface area contributed by atoms with Gasteiger partial charge >= 0.3 is 0 Å². The smallest absolute Gasteiger partial charge is 0.00144 e. The highest BCUT2D eigenvalue weighted by molar-refractivity contribution is 6.08. The average Bonchev–Trinajstić information content (AvgIpc) is 3.52. The van der Waals surface area contributed by atoms with Crippen molar-refractivity contribution in [2.75, 3.05) is 0 Å². The van der Waals surface area contributed by atoms with Crippen LogP contribution in [0.3, 0.4) is 0 Å². The molecule has 12 rings (SSSR count). The van der Waals surface area contributed by atoms with Gasteiger partial charge in [0.25, 0.3) is 0 Å². The molecule has 0 nitrogen and oxygen atoms in total. The number of benzene rings is 2. The number of hydrogen-bond acceptors (Lipinski definition) is 0. The van der Waals surface area contributed by atoms with Crippen LogP contribution in [0.1, 0.15) is 131 Å². The van der Waals surface area contributed by atoms with Crippen LogP contribution >= 0.6 is 0 Å². The first-order valence-electron chi connectivity index (χ1n) is 13.3. The molecule has 10 aliphatic carbocycles. The monoisotopic (exact) mass is 386 g/mol. The zero-order valence-electron chi connectivity index (χ0n) is 17.4. The third-order valence-electron chi connectivity index (χ3n) is 13.1. The highest BCUT2D eigenvalue weighted by atomic mass is 14.7. The fourth-order valence-electron chi connectivity index (χ4n) is 13.1. The van der Waals surface area contributed by atoms with Gasteiger partial charge in [-0.15, -0.1) is 0 Å². The Hall–Kier alpha value is -1.56. The molecule has 0 heterocycles. The molecule has 0 saturated heterocycles. The number of allylic oxidation sites excluding steroid dienone is 2. The van der Waals surface area contributed by atoms with E-state index in [0.717, 1.165) is 65.1 Å². The molecule has 10 aliphatic rings. The summed E-state index contributed by atoms with van der Waals surface area (Å²) in [6.45, 7) is 0. The maximum atomic E-state index is 2.87. The van der Waals surface area contributed by atoms with Crippen molar-refractivity contribution in [3.63, 3.8) is 0 Å². The van der Waals surface area contributed by atoms with Gasteiger partial charge in [-0.25, -0.2) is 0 Å². The Morgan fingerprint density at radius 1 is 0.500 bits per heavy atom. The van der Waals surface area contributed by atoms with Gasteiger partial charge in [-0.05, 0) is 171 Å². The molecule has 2 fully saturated rings. The number of hydrogen-bond donors (Lipinski definition) is 0. The lowest BCUT2D eigenvalue weighted by molar-refractivity contribution is 0.337. The summed E-state index contributed by atoms with van der Waals surface area (Å²) < 4.78 is 0. The zero-order valence-corrected chi connectivity index (χ0v) is 17.4. The predicted octanol–water partition coefficient (Wildman–Crippen LogP) is 7.14. The molecule has 0 amide bonds. The van der Waals surface area contributed by atoms with E-state index in [-0.39, 0.29) is 0 Å². The SMILES string of the molecule is C1=C2CC3CC4CC5CC6CC7CC8CC1C1c9c2c3c2c3c(c6c7c(c93)C81)C5C24. The summed E-state index contributed by atoms with van der Waals surface area (Å²) >= 11 is 0. The lowest BCUT2D eigenvalue weighted by Crippen LogP contribution is -2.21. The van der Waals surface area contributed by atoms with E-state index in [1.54, 1.807) is 19.3 Å². The van der Waals surface area contributed by atoms with Crippen LogP contribution in [0.2, 0.25) is 0 Å². The van der Waals surface area contributed by atoms with Crippen molar-refractivity contribution in [3.8, 4) is 0 Å². The second kappa shape index (κ2) is 3.66. The minimum atomic E-state index is 0.885. The Morgan fingerprint density at radius 3 is 1.93 bits per heavy atom. The molecule has 0 spiro atoms. The maximum absolute atomic E-state index is 2.87. The highest BCUT2D eigenvalue weighted by Gasteiger charge is 2.65. The fraction of sp³-hybridized carbons (Fsp3) is 0.600. The summed E-state index contributed by atoms with van der Waals surface area (Å²) in [4.78, 5) is 0. The van der Waals surface area contributed by atoms with E-state index in [1.807, 2.05) is 60.9 Å². The lowest BCUT2D eigenvalue weighted by atomic mass is 9.69. The standard InChI is InChI=1S/C30H26/c1-9-5-10-2-15-8-16-4-12-6-11-3-14-7-13(1)21-22(14)27-19(11)20(12)28-24(16)23(15)26-18(10)17(9)25(21)29(26)30(27)28/h1,9-12,14-20H,2-8H2. The van der Waals surface area contributed by atoms with Crippen LogP contribution in [-0.2, 0) is 0 Å². The average molecular weight is 387 g/mol. The van der Waals surface area contributed by atoms with Crippen LogP contribution in [-0.4, -0.2) is 0 Å². The summed E-state index contributed by atoms with van der Waals surface area (Å²) in [5.74, 6) is 10.4. The normalized spacial score (nSPS) is 52.9. The van der Waals surface area contributed by atoms with Crippen LogP contribution in [0.15, 0.2) is 6.08 Å². The Balaban J connectivity index is 1.43. The Morgan fingerprint density at radius 2 is 1.13 bits per heavy atom. The van der Waals surface area contributed by atoms with Gasteiger partial charge in [-0.1, -0.05) is 6.08 Å². The first-order chi connectivity index (χ1) is 14.9. The van der Waals surface area contributed by atoms with Crippen molar-refractivity contribution in [3.05, 3.63) is 50.6 Å². The van der Waals surface area contributed by atoms with Gasteiger partial charge < -0.3 is 0 Å². The van der Waals surface area contributed by atoms with E-state index in [1.165, 1.54) is 25.7 Å². The topological polar surface area (TPSA) is 0 Å². The summed E-state index contributed by atoms with van der Waals surface area (Å²) in [5, 5.41) is 3.86. The predicted molar refractivity (Wildman–Crippen MR) is 117 cm³/mol. The van der Waals surface area contributed by atoms with Crippen molar-refractivity contribution in [2.45, 2.75) is 86.4 Å². The molecule has 2 aromatic rings. The van der Waals surface area contributed by atoms with Crippen LogP contribution in [0.5, 0.6) is 0 Å². The molecular formula is C30H26. The van der Waals surface area contributed by atoms with Gasteiger partial charge in [0.05, 0.1) is 0 Å². The van der Waals surface area contributed by atoms with Crippen LogP contribution < -0.4 is 0 Å². The van der Waals surface area contributed by atoms with Crippen molar-refractivity contribution in [2.24, 2.45) is 23.7 Å². The molecule has 146 valence electrons. The first-order valence-corrected chi connectivity index (χ1v) is 13.3. The largest absolute Gasteiger partial charge is 0.0769 e. The minimum absolute atomic E-state index is 0.885.